The van der Waals surface area contributed by atoms with Crippen LogP contribution in [-0.4, -0.2) is 43.3 Å². The quantitative estimate of drug-likeness (QED) is 0.301. The van der Waals surface area contributed by atoms with Crippen LogP contribution in [0.1, 0.15) is 18.2 Å². The Hall–Kier alpha value is -3.10. The second kappa shape index (κ2) is 7.50. The monoisotopic (exact) mass is 454 g/mol. The van der Waals surface area contributed by atoms with Gasteiger partial charge in [0.2, 0.25) is 0 Å². The number of benzene rings is 2. The van der Waals surface area contributed by atoms with E-state index in [1.165, 1.54) is 6.33 Å². The van der Waals surface area contributed by atoms with E-state index in [0.29, 0.717) is 22.1 Å². The average Bonchev–Trinajstić information content (AvgIpc) is 3.34. The van der Waals surface area contributed by atoms with Gasteiger partial charge in [-0.15, -0.1) is 0 Å². The van der Waals surface area contributed by atoms with Gasteiger partial charge < -0.3 is 34.5 Å². The Morgan fingerprint density at radius 1 is 1.38 bits per heavy atom. The Labute approximate surface area is 180 Å². The van der Waals surface area contributed by atoms with E-state index < -0.39 is 32.9 Å². The van der Waals surface area contributed by atoms with Crippen LogP contribution in [0.4, 0.5) is 5.82 Å². The van der Waals surface area contributed by atoms with Crippen molar-refractivity contribution in [1.29, 1.82) is 5.26 Å². The first kappa shape index (κ1) is 20.8. The molecule has 164 valence electrons. The van der Waals surface area contributed by atoms with Crippen LogP contribution in [0.15, 0.2) is 36.7 Å². The second-order valence-corrected chi connectivity index (χ2v) is 8.78. The standard InChI is InChI=1S/C20H18N5O6P/c21-7-10-1-2-11-5-14-13(4-12(11)3-10)19-18(20(22)24-14)23-9-25(19)17-6-15(26)16(31-17)8-30-32(27,28)29/h1-5,9,15-17,26H,6,8H2,(H2,22,24)(H2,27,28,29)/p-1/t15-,16-,17-/m1/s1. The molecule has 5 rings (SSSR count). The number of phosphoric acid groups is 1. The summed E-state index contributed by atoms with van der Waals surface area (Å²) in [5, 5.41) is 22.0. The number of nitrogens with two attached hydrogens (primary N) is 1. The molecular weight excluding hydrogens is 437 g/mol. The second-order valence-electron chi connectivity index (χ2n) is 7.59. The summed E-state index contributed by atoms with van der Waals surface area (Å²) >= 11 is 0. The first-order chi connectivity index (χ1) is 15.2. The number of aliphatic hydroxyl groups excluding tert-OH is 1. The Bertz CT molecular complexity index is 1460. The zero-order chi connectivity index (χ0) is 22.6. The molecule has 2 aromatic carbocycles. The summed E-state index contributed by atoms with van der Waals surface area (Å²) in [6.45, 7) is -0.520. The van der Waals surface area contributed by atoms with Crippen LogP contribution in [0.2, 0.25) is 0 Å². The lowest BCUT2D eigenvalue weighted by molar-refractivity contribution is -0.222. The molecule has 1 unspecified atom stereocenters. The highest BCUT2D eigenvalue weighted by Gasteiger charge is 2.36. The van der Waals surface area contributed by atoms with Crippen molar-refractivity contribution < 1.29 is 28.7 Å². The van der Waals surface area contributed by atoms with Gasteiger partial charge in [-0.1, -0.05) is 6.07 Å². The van der Waals surface area contributed by atoms with E-state index in [0.717, 1.165) is 16.2 Å². The SMILES string of the molecule is N#Cc1ccc2cc3nc(N)c4ncn([C@H]5C[C@@H](O)[C@@H](COP(=O)([O-])O)O5)c4c3cc2c1. The minimum atomic E-state index is -4.94. The first-order valence-electron chi connectivity index (χ1n) is 9.65. The van der Waals surface area contributed by atoms with Gasteiger partial charge in [0.15, 0.2) is 5.82 Å². The summed E-state index contributed by atoms with van der Waals surface area (Å²) < 4.78 is 22.8. The number of rotatable bonds is 4. The van der Waals surface area contributed by atoms with E-state index in [2.05, 4.69) is 20.6 Å². The van der Waals surface area contributed by atoms with Crippen LogP contribution in [0.3, 0.4) is 0 Å². The largest absolute Gasteiger partial charge is 0.756 e. The van der Waals surface area contributed by atoms with Crippen molar-refractivity contribution in [3.8, 4) is 6.07 Å². The van der Waals surface area contributed by atoms with Gasteiger partial charge in [-0.25, -0.2) is 9.97 Å². The minimum absolute atomic E-state index is 0.143. The zero-order valence-corrected chi connectivity index (χ0v) is 17.3. The van der Waals surface area contributed by atoms with Crippen LogP contribution in [0.5, 0.6) is 0 Å². The number of nitrogen functional groups attached to an aromatic ring is 1. The minimum Gasteiger partial charge on any atom is -0.756 e. The molecule has 12 heteroatoms. The number of anilines is 1. The maximum atomic E-state index is 10.9. The van der Waals surface area contributed by atoms with Gasteiger partial charge >= 0.3 is 0 Å². The number of hydrogen-bond donors (Lipinski definition) is 3. The number of hydrogen-bond acceptors (Lipinski definition) is 9. The maximum Gasteiger partial charge on any atom is 0.265 e. The van der Waals surface area contributed by atoms with Crippen molar-refractivity contribution in [1.82, 2.24) is 14.5 Å². The molecule has 1 aliphatic rings. The summed E-state index contributed by atoms with van der Waals surface area (Å²) in [7, 11) is -4.94. The third-order valence-electron chi connectivity index (χ3n) is 5.53. The van der Waals surface area contributed by atoms with Crippen LogP contribution >= 0.6 is 7.82 Å². The van der Waals surface area contributed by atoms with E-state index >= 15 is 0 Å². The van der Waals surface area contributed by atoms with Crippen LogP contribution in [0.25, 0.3) is 32.7 Å². The summed E-state index contributed by atoms with van der Waals surface area (Å²) in [4.78, 5) is 28.5. The van der Waals surface area contributed by atoms with Crippen molar-refractivity contribution in [2.45, 2.75) is 24.9 Å². The molecule has 0 radical (unpaired) electrons. The van der Waals surface area contributed by atoms with Gasteiger partial charge in [-0.05, 0) is 35.0 Å². The lowest BCUT2D eigenvalue weighted by atomic mass is 10.0. The van der Waals surface area contributed by atoms with Gasteiger partial charge in [0, 0.05) is 11.8 Å². The molecule has 0 saturated carbocycles. The number of pyridine rings is 1. The van der Waals surface area contributed by atoms with Crippen LogP contribution in [-0.2, 0) is 13.8 Å². The molecule has 4 N–H and O–H groups in total. The van der Waals surface area contributed by atoms with Crippen LogP contribution < -0.4 is 10.6 Å². The van der Waals surface area contributed by atoms with Gasteiger partial charge in [-0.2, -0.15) is 5.26 Å². The van der Waals surface area contributed by atoms with Crippen molar-refractivity contribution in [2.75, 3.05) is 12.3 Å². The number of imidazole rings is 1. The number of aromatic nitrogens is 3. The highest BCUT2D eigenvalue weighted by atomic mass is 31.2. The molecule has 0 bridgehead atoms. The van der Waals surface area contributed by atoms with E-state index in [4.69, 9.17) is 15.4 Å². The molecule has 1 saturated heterocycles. The van der Waals surface area contributed by atoms with Gasteiger partial charge in [-0.3, -0.25) is 4.57 Å². The molecule has 0 aliphatic carbocycles. The molecule has 11 nitrogen and oxygen atoms in total. The van der Waals surface area contributed by atoms with Gasteiger partial charge in [0.1, 0.15) is 17.8 Å². The molecule has 0 amide bonds. The summed E-state index contributed by atoms with van der Waals surface area (Å²) in [5.74, 6) is 0.227. The van der Waals surface area contributed by atoms with Crippen LogP contribution in [0, 0.1) is 11.3 Å². The molecule has 4 aromatic rings. The lowest BCUT2D eigenvalue weighted by Gasteiger charge is -2.20. The van der Waals surface area contributed by atoms with E-state index in [9.17, 15) is 19.8 Å². The lowest BCUT2D eigenvalue weighted by Crippen LogP contribution is -2.26. The molecule has 0 spiro atoms. The van der Waals surface area contributed by atoms with Crippen molar-refractivity contribution in [3.05, 3.63) is 42.2 Å². The number of ether oxygens (including phenoxy) is 1. The Balaban J connectivity index is 1.62. The van der Waals surface area contributed by atoms with E-state index in [1.807, 2.05) is 18.2 Å². The fraction of sp³-hybridized carbons (Fsp3) is 0.250. The smallest absolute Gasteiger partial charge is 0.265 e. The Kier molecular flexibility index (Phi) is 4.87. The normalized spacial score (nSPS) is 23.0. The highest BCUT2D eigenvalue weighted by Crippen LogP contribution is 2.38. The molecule has 3 heterocycles. The molecule has 1 aliphatic heterocycles. The predicted octanol–water partition coefficient (Wildman–Crippen LogP) is 1.32. The first-order valence-corrected chi connectivity index (χ1v) is 11.1. The van der Waals surface area contributed by atoms with Crippen molar-refractivity contribution >= 4 is 46.3 Å². The number of phosphoric ester groups is 1. The third kappa shape index (κ3) is 3.59. The van der Waals surface area contributed by atoms with Crippen molar-refractivity contribution in [2.24, 2.45) is 0 Å². The summed E-state index contributed by atoms with van der Waals surface area (Å²) in [5.41, 5.74) is 8.37. The third-order valence-corrected chi connectivity index (χ3v) is 6.01. The number of aliphatic hydroxyl groups is 1. The fourth-order valence-electron chi connectivity index (χ4n) is 4.06. The topological polar surface area (TPSA) is 180 Å². The maximum absolute atomic E-state index is 10.9. The molecule has 1 fully saturated rings. The van der Waals surface area contributed by atoms with E-state index in [1.54, 1.807) is 16.7 Å². The Morgan fingerprint density at radius 2 is 2.19 bits per heavy atom. The predicted molar refractivity (Wildman–Crippen MR) is 112 cm³/mol. The van der Waals surface area contributed by atoms with Crippen molar-refractivity contribution in [3.63, 3.8) is 0 Å². The highest BCUT2D eigenvalue weighted by molar-refractivity contribution is 7.44. The Morgan fingerprint density at radius 3 is 2.94 bits per heavy atom. The zero-order valence-electron chi connectivity index (χ0n) is 16.5. The number of fused-ring (bicyclic) bond motifs is 4. The van der Waals surface area contributed by atoms with Gasteiger partial charge in [0.25, 0.3) is 7.82 Å². The summed E-state index contributed by atoms with van der Waals surface area (Å²) in [6, 6.07) is 11.2. The van der Waals surface area contributed by atoms with E-state index in [-0.39, 0.29) is 12.2 Å². The average molecular weight is 454 g/mol. The molecule has 4 atom stereocenters. The fourth-order valence-corrected chi connectivity index (χ4v) is 4.39. The number of nitrogens with zero attached hydrogens (tertiary/aromatic N) is 4. The van der Waals surface area contributed by atoms with Gasteiger partial charge in [0.05, 0.1) is 41.7 Å². The summed E-state index contributed by atoms with van der Waals surface area (Å²) in [6.07, 6.45) is -1.00. The number of nitriles is 1. The molecule has 32 heavy (non-hydrogen) atoms. The molecular formula is C20H17N5O6P-. The molecule has 2 aromatic heterocycles.